The summed E-state index contributed by atoms with van der Waals surface area (Å²) in [4.78, 5) is 8.89. The third-order valence-electron chi connectivity index (χ3n) is 2.67. The number of carboxylic acid groups (broad SMARTS) is 1. The third kappa shape index (κ3) is 7.27. The van der Waals surface area contributed by atoms with Crippen molar-refractivity contribution in [1.82, 2.24) is 0 Å². The molecule has 0 spiro atoms. The van der Waals surface area contributed by atoms with Crippen LogP contribution in [0.25, 0.3) is 0 Å². The Morgan fingerprint density at radius 3 is 1.71 bits per heavy atom. The van der Waals surface area contributed by atoms with Crippen LogP contribution in [0.1, 0.15) is 33.6 Å². The van der Waals surface area contributed by atoms with Gasteiger partial charge in [0.2, 0.25) is 0 Å². The van der Waals surface area contributed by atoms with Crippen LogP contribution in [0.4, 0.5) is 0 Å². The van der Waals surface area contributed by atoms with Crippen LogP contribution in [0.15, 0.2) is 0 Å². The zero-order chi connectivity index (χ0) is 14.1. The Kier molecular flexibility index (Phi) is 10.3. The highest BCUT2D eigenvalue weighted by molar-refractivity contribution is 5.60. The molecule has 17 heavy (non-hydrogen) atoms. The SMILES string of the molecule is CC(=O)[O-].CCC(O)[N+](C)(CCO)C(O)CC. The average molecular weight is 251 g/mol. The van der Waals surface area contributed by atoms with Gasteiger partial charge in [-0.1, -0.05) is 13.8 Å². The molecule has 0 saturated heterocycles. The molecule has 2 atom stereocenters. The van der Waals surface area contributed by atoms with Crippen molar-refractivity contribution in [2.24, 2.45) is 0 Å². The Morgan fingerprint density at radius 2 is 1.53 bits per heavy atom. The normalized spacial score (nSPS) is 17.4. The summed E-state index contributed by atoms with van der Waals surface area (Å²) in [6.45, 7) is 5.05. The molecule has 0 aliphatic rings. The number of aliphatic hydroxyl groups is 3. The number of nitrogens with zero attached hydrogens (tertiary/aromatic N) is 1. The summed E-state index contributed by atoms with van der Waals surface area (Å²) in [5.74, 6) is -1.08. The second-order valence-corrected chi connectivity index (χ2v) is 4.06. The van der Waals surface area contributed by atoms with E-state index in [2.05, 4.69) is 0 Å². The molecule has 0 amide bonds. The maximum absolute atomic E-state index is 9.71. The lowest BCUT2D eigenvalue weighted by atomic mass is 10.2. The Balaban J connectivity index is 0. The number of quaternary nitrogens is 1. The van der Waals surface area contributed by atoms with E-state index in [1.54, 1.807) is 7.05 Å². The summed E-state index contributed by atoms with van der Waals surface area (Å²) >= 11 is 0. The van der Waals surface area contributed by atoms with Crippen molar-refractivity contribution in [2.45, 2.75) is 46.1 Å². The van der Waals surface area contributed by atoms with E-state index >= 15 is 0 Å². The molecule has 2 unspecified atom stereocenters. The van der Waals surface area contributed by atoms with E-state index in [1.165, 1.54) is 0 Å². The molecule has 0 saturated carbocycles. The van der Waals surface area contributed by atoms with Gasteiger partial charge in [0.05, 0.1) is 13.7 Å². The Labute approximate surface area is 103 Å². The standard InChI is InChI=1S/C9H22NO3.C2H4O2/c1-4-8(12)10(3,6-7-11)9(13)5-2;1-2(3)4/h8-9,11-13H,4-7H2,1-3H3;1H3,(H,3,4)/q+1;/p-1. The lowest BCUT2D eigenvalue weighted by molar-refractivity contribution is -0.994. The van der Waals surface area contributed by atoms with Gasteiger partial charge < -0.3 is 25.2 Å². The van der Waals surface area contributed by atoms with E-state index in [9.17, 15) is 10.2 Å². The van der Waals surface area contributed by atoms with Gasteiger partial charge in [-0.15, -0.1) is 0 Å². The maximum Gasteiger partial charge on any atom is 0.192 e. The predicted octanol–water partition coefficient (Wildman–Crippen LogP) is -1.36. The number of aliphatic hydroxyl groups excluding tert-OH is 3. The lowest BCUT2D eigenvalue weighted by Crippen LogP contribution is -2.59. The quantitative estimate of drug-likeness (QED) is 0.400. The highest BCUT2D eigenvalue weighted by Crippen LogP contribution is 2.17. The smallest absolute Gasteiger partial charge is 0.192 e. The zero-order valence-corrected chi connectivity index (χ0v) is 11.1. The monoisotopic (exact) mass is 251 g/mol. The molecule has 0 bridgehead atoms. The molecule has 3 N–H and O–H groups in total. The first kappa shape index (κ1) is 18.7. The average Bonchev–Trinajstić information content (AvgIpc) is 2.26. The van der Waals surface area contributed by atoms with Crippen molar-refractivity contribution in [1.29, 1.82) is 0 Å². The number of carboxylic acids is 1. The fourth-order valence-electron chi connectivity index (χ4n) is 1.55. The van der Waals surface area contributed by atoms with Gasteiger partial charge in [0.25, 0.3) is 0 Å². The summed E-state index contributed by atoms with van der Waals surface area (Å²) < 4.78 is 0.115. The molecule has 104 valence electrons. The van der Waals surface area contributed by atoms with Gasteiger partial charge in [-0.25, -0.2) is 0 Å². The van der Waals surface area contributed by atoms with Crippen LogP contribution in [0.3, 0.4) is 0 Å². The van der Waals surface area contributed by atoms with Crippen molar-refractivity contribution in [3.8, 4) is 0 Å². The highest BCUT2D eigenvalue weighted by Gasteiger charge is 2.35. The summed E-state index contributed by atoms with van der Waals surface area (Å²) in [5, 5.41) is 37.2. The topological polar surface area (TPSA) is 101 Å². The molecular formula is C11H25NO5. The first-order valence-corrected chi connectivity index (χ1v) is 5.75. The molecule has 0 aromatic carbocycles. The van der Waals surface area contributed by atoms with Crippen LogP contribution in [0, 0.1) is 0 Å². The first-order chi connectivity index (χ1) is 7.76. The maximum atomic E-state index is 9.71. The molecule has 6 nitrogen and oxygen atoms in total. The molecule has 0 aromatic heterocycles. The van der Waals surface area contributed by atoms with Gasteiger partial charge in [0.15, 0.2) is 12.5 Å². The zero-order valence-electron chi connectivity index (χ0n) is 11.1. The Morgan fingerprint density at radius 1 is 1.24 bits per heavy atom. The summed E-state index contributed by atoms with van der Waals surface area (Å²) in [6.07, 6.45) is -0.0644. The van der Waals surface area contributed by atoms with Gasteiger partial charge in [0, 0.05) is 18.8 Å². The van der Waals surface area contributed by atoms with E-state index in [1.807, 2.05) is 13.8 Å². The summed E-state index contributed by atoms with van der Waals surface area (Å²) in [6, 6.07) is 0. The molecule has 0 rings (SSSR count). The van der Waals surface area contributed by atoms with Crippen molar-refractivity contribution >= 4 is 5.97 Å². The number of rotatable bonds is 6. The van der Waals surface area contributed by atoms with Gasteiger partial charge in [-0.3, -0.25) is 4.48 Å². The van der Waals surface area contributed by atoms with Crippen molar-refractivity contribution < 1.29 is 29.7 Å². The number of hydrogen-bond acceptors (Lipinski definition) is 5. The van der Waals surface area contributed by atoms with Crippen LogP contribution in [0.5, 0.6) is 0 Å². The minimum Gasteiger partial charge on any atom is -0.550 e. The van der Waals surface area contributed by atoms with E-state index < -0.39 is 18.4 Å². The molecule has 0 aromatic rings. The largest absolute Gasteiger partial charge is 0.550 e. The molecule has 0 heterocycles. The van der Waals surface area contributed by atoms with Gasteiger partial charge >= 0.3 is 0 Å². The second-order valence-electron chi connectivity index (χ2n) is 4.06. The van der Waals surface area contributed by atoms with Crippen LogP contribution in [-0.4, -0.2) is 58.4 Å². The molecule has 0 aliphatic carbocycles. The van der Waals surface area contributed by atoms with Crippen LogP contribution in [0.2, 0.25) is 0 Å². The van der Waals surface area contributed by atoms with E-state index in [0.29, 0.717) is 19.4 Å². The second kappa shape index (κ2) is 9.35. The number of aliphatic carboxylic acids is 1. The van der Waals surface area contributed by atoms with Crippen LogP contribution >= 0.6 is 0 Å². The Hall–Kier alpha value is -0.690. The van der Waals surface area contributed by atoms with Crippen LogP contribution in [-0.2, 0) is 4.79 Å². The minimum absolute atomic E-state index is 0.0232. The third-order valence-corrected chi connectivity index (χ3v) is 2.67. The molecule has 0 radical (unpaired) electrons. The summed E-state index contributed by atoms with van der Waals surface area (Å²) in [7, 11) is 1.76. The number of likely N-dealkylation sites (N-methyl/N-ethyl adjacent to an activating group) is 1. The molecule has 0 aliphatic heterocycles. The lowest BCUT2D eigenvalue weighted by Gasteiger charge is -2.41. The Bertz CT molecular complexity index is 196. The molecule has 6 heteroatoms. The minimum atomic E-state index is -1.08. The van der Waals surface area contributed by atoms with Crippen LogP contribution < -0.4 is 5.11 Å². The predicted molar refractivity (Wildman–Crippen MR) is 61.4 cm³/mol. The first-order valence-electron chi connectivity index (χ1n) is 5.75. The van der Waals surface area contributed by atoms with Crippen molar-refractivity contribution in [3.05, 3.63) is 0 Å². The number of hydrogen-bond donors (Lipinski definition) is 3. The van der Waals surface area contributed by atoms with Crippen molar-refractivity contribution in [3.63, 3.8) is 0 Å². The number of carbonyl (C=O) groups excluding carboxylic acids is 1. The molecule has 0 fully saturated rings. The fraction of sp³-hybridized carbons (Fsp3) is 0.909. The molecular weight excluding hydrogens is 226 g/mol. The van der Waals surface area contributed by atoms with E-state index in [-0.39, 0.29) is 11.1 Å². The van der Waals surface area contributed by atoms with E-state index in [4.69, 9.17) is 15.0 Å². The highest BCUT2D eigenvalue weighted by atomic mass is 16.4. The fourth-order valence-corrected chi connectivity index (χ4v) is 1.55. The van der Waals surface area contributed by atoms with Gasteiger partial charge in [-0.05, 0) is 6.92 Å². The summed E-state index contributed by atoms with van der Waals surface area (Å²) in [5.41, 5.74) is 0. The van der Waals surface area contributed by atoms with Crippen molar-refractivity contribution in [2.75, 3.05) is 20.2 Å². The van der Waals surface area contributed by atoms with Gasteiger partial charge in [-0.2, -0.15) is 0 Å². The van der Waals surface area contributed by atoms with Gasteiger partial charge in [0.1, 0.15) is 6.54 Å². The number of carbonyl (C=O) groups is 1. The van der Waals surface area contributed by atoms with E-state index in [0.717, 1.165) is 6.92 Å².